The molecule has 0 fully saturated rings. The number of carbonyl (C=O) groups excluding carboxylic acids is 1. The summed E-state index contributed by atoms with van der Waals surface area (Å²) in [5.41, 5.74) is 0.0248. The van der Waals surface area contributed by atoms with Crippen LogP contribution in [0.5, 0.6) is 0 Å². The van der Waals surface area contributed by atoms with E-state index in [9.17, 15) is 14.0 Å². The van der Waals surface area contributed by atoms with Gasteiger partial charge in [0.2, 0.25) is 0 Å². The van der Waals surface area contributed by atoms with E-state index >= 15 is 0 Å². The van der Waals surface area contributed by atoms with Crippen molar-refractivity contribution in [3.63, 3.8) is 0 Å². The number of carbonyl (C=O) groups is 1. The molecule has 0 atom stereocenters. The maximum absolute atomic E-state index is 13.4. The van der Waals surface area contributed by atoms with E-state index in [1.54, 1.807) is 12.1 Å². The van der Waals surface area contributed by atoms with E-state index < -0.39 is 17.3 Å². The molecule has 98 valence electrons. The van der Waals surface area contributed by atoms with Crippen molar-refractivity contribution in [2.45, 2.75) is 6.54 Å². The van der Waals surface area contributed by atoms with Gasteiger partial charge in [0.05, 0.1) is 0 Å². The summed E-state index contributed by atoms with van der Waals surface area (Å²) < 4.78 is 14.2. The molecule has 0 saturated heterocycles. The molecule has 0 radical (unpaired) electrons. The van der Waals surface area contributed by atoms with Crippen molar-refractivity contribution in [3.8, 4) is 0 Å². The first-order chi connectivity index (χ1) is 9.06. The van der Waals surface area contributed by atoms with Crippen LogP contribution in [0.4, 0.5) is 4.39 Å². The molecule has 0 unspecified atom stereocenters. The summed E-state index contributed by atoms with van der Waals surface area (Å²) in [7, 11) is 0. The second-order valence-corrected chi connectivity index (χ2v) is 4.64. The third kappa shape index (κ3) is 3.47. The highest BCUT2D eigenvalue weighted by Gasteiger charge is 2.09. The zero-order valence-electron chi connectivity index (χ0n) is 9.61. The lowest BCUT2D eigenvalue weighted by atomic mass is 10.2. The molecule has 2 aromatic rings. The Kier molecular flexibility index (Phi) is 4.06. The predicted octanol–water partition coefficient (Wildman–Crippen LogP) is 1.60. The van der Waals surface area contributed by atoms with E-state index in [0.717, 1.165) is 4.47 Å². The summed E-state index contributed by atoms with van der Waals surface area (Å²) in [5, 5.41) is 8.25. The average Bonchev–Trinajstić information content (AvgIpc) is 2.40. The standard InChI is InChI=1S/C12H9BrFN3O2/c13-8-1-2-9(14)7(5-8)6-15-12(19)10-3-4-11(18)17-16-10/h1-5H,6H2,(H,15,19)(H,17,18). The molecule has 0 aliphatic rings. The number of amides is 1. The van der Waals surface area contributed by atoms with Gasteiger partial charge < -0.3 is 5.32 Å². The number of aromatic nitrogens is 2. The minimum atomic E-state index is -0.490. The monoisotopic (exact) mass is 325 g/mol. The quantitative estimate of drug-likeness (QED) is 0.900. The minimum absolute atomic E-state index is 0.0327. The molecule has 1 aromatic heterocycles. The van der Waals surface area contributed by atoms with Crippen molar-refractivity contribution in [1.29, 1.82) is 0 Å². The molecule has 0 aliphatic carbocycles. The van der Waals surface area contributed by atoms with Crippen molar-refractivity contribution in [2.24, 2.45) is 0 Å². The number of hydrogen-bond acceptors (Lipinski definition) is 3. The molecular formula is C12H9BrFN3O2. The number of aromatic amines is 1. The van der Waals surface area contributed by atoms with Gasteiger partial charge in [-0.25, -0.2) is 9.49 Å². The highest BCUT2D eigenvalue weighted by Crippen LogP contribution is 2.15. The van der Waals surface area contributed by atoms with Crippen LogP contribution < -0.4 is 10.9 Å². The normalized spacial score (nSPS) is 10.2. The fourth-order valence-electron chi connectivity index (χ4n) is 1.42. The molecule has 1 heterocycles. The molecule has 0 aliphatic heterocycles. The van der Waals surface area contributed by atoms with Crippen LogP contribution in [0, 0.1) is 5.82 Å². The number of rotatable bonds is 3. The first kappa shape index (κ1) is 13.4. The lowest BCUT2D eigenvalue weighted by Crippen LogP contribution is -2.25. The van der Waals surface area contributed by atoms with E-state index in [0.29, 0.717) is 5.56 Å². The molecule has 0 bridgehead atoms. The summed E-state index contributed by atoms with van der Waals surface area (Å²) >= 11 is 3.22. The van der Waals surface area contributed by atoms with E-state index in [4.69, 9.17) is 0 Å². The number of H-pyrrole nitrogens is 1. The molecule has 2 rings (SSSR count). The van der Waals surface area contributed by atoms with Gasteiger partial charge >= 0.3 is 0 Å². The van der Waals surface area contributed by atoms with Crippen molar-refractivity contribution in [3.05, 3.63) is 62.2 Å². The van der Waals surface area contributed by atoms with Gasteiger partial charge in [-0.1, -0.05) is 15.9 Å². The number of benzene rings is 1. The van der Waals surface area contributed by atoms with Gasteiger partial charge in [0.1, 0.15) is 11.5 Å². The Labute approximate surface area is 116 Å². The summed E-state index contributed by atoms with van der Waals surface area (Å²) in [6, 6.07) is 6.96. The van der Waals surface area contributed by atoms with Crippen LogP contribution in [0.1, 0.15) is 16.1 Å². The van der Waals surface area contributed by atoms with Crippen molar-refractivity contribution < 1.29 is 9.18 Å². The summed E-state index contributed by atoms with van der Waals surface area (Å²) in [5.74, 6) is -0.895. The Bertz CT molecular complexity index is 652. The number of halogens is 2. The van der Waals surface area contributed by atoms with Crippen LogP contribution in [0.25, 0.3) is 0 Å². The SMILES string of the molecule is O=C(NCc1cc(Br)ccc1F)c1ccc(=O)[nH]n1. The van der Waals surface area contributed by atoms with Crippen LogP contribution in [0.15, 0.2) is 39.6 Å². The smallest absolute Gasteiger partial charge is 0.271 e. The number of nitrogens with one attached hydrogen (secondary N) is 2. The lowest BCUT2D eigenvalue weighted by molar-refractivity contribution is 0.0944. The minimum Gasteiger partial charge on any atom is -0.346 e. The van der Waals surface area contributed by atoms with Gasteiger partial charge in [0.15, 0.2) is 0 Å². The van der Waals surface area contributed by atoms with E-state index in [1.165, 1.54) is 18.2 Å². The third-order valence-electron chi connectivity index (χ3n) is 2.36. The summed E-state index contributed by atoms with van der Waals surface area (Å²) in [4.78, 5) is 22.5. The summed E-state index contributed by atoms with van der Waals surface area (Å²) in [6.45, 7) is 0.0327. The van der Waals surface area contributed by atoms with Crippen LogP contribution in [0.2, 0.25) is 0 Å². The highest BCUT2D eigenvalue weighted by molar-refractivity contribution is 9.10. The van der Waals surface area contributed by atoms with Crippen molar-refractivity contribution >= 4 is 21.8 Å². The van der Waals surface area contributed by atoms with E-state index in [-0.39, 0.29) is 12.2 Å². The molecule has 1 aromatic carbocycles. The van der Waals surface area contributed by atoms with Gasteiger partial charge in [-0.05, 0) is 24.3 Å². The Hall–Kier alpha value is -2.02. The first-order valence-electron chi connectivity index (χ1n) is 5.34. The summed E-state index contributed by atoms with van der Waals surface area (Å²) in [6.07, 6.45) is 0. The largest absolute Gasteiger partial charge is 0.346 e. The third-order valence-corrected chi connectivity index (χ3v) is 2.85. The first-order valence-corrected chi connectivity index (χ1v) is 6.13. The van der Waals surface area contributed by atoms with Gasteiger partial charge in [-0.2, -0.15) is 5.10 Å². The van der Waals surface area contributed by atoms with Crippen LogP contribution in [-0.2, 0) is 6.54 Å². The zero-order valence-corrected chi connectivity index (χ0v) is 11.2. The van der Waals surface area contributed by atoms with Gasteiger partial charge in [0.25, 0.3) is 11.5 Å². The van der Waals surface area contributed by atoms with Crippen LogP contribution in [-0.4, -0.2) is 16.1 Å². The van der Waals surface area contributed by atoms with Gasteiger partial charge in [-0.15, -0.1) is 0 Å². The Morgan fingerprint density at radius 2 is 2.16 bits per heavy atom. The van der Waals surface area contributed by atoms with Crippen molar-refractivity contribution in [1.82, 2.24) is 15.5 Å². The zero-order chi connectivity index (χ0) is 13.8. The van der Waals surface area contributed by atoms with Crippen LogP contribution in [0.3, 0.4) is 0 Å². The fourth-order valence-corrected chi connectivity index (χ4v) is 1.82. The maximum atomic E-state index is 13.4. The topological polar surface area (TPSA) is 74.8 Å². The lowest BCUT2D eigenvalue weighted by Gasteiger charge is -2.06. The molecule has 19 heavy (non-hydrogen) atoms. The molecule has 0 saturated carbocycles. The highest BCUT2D eigenvalue weighted by atomic mass is 79.9. The number of hydrogen-bond donors (Lipinski definition) is 2. The Balaban J connectivity index is 2.06. The molecule has 0 spiro atoms. The van der Waals surface area contributed by atoms with E-state index in [2.05, 4.69) is 31.4 Å². The van der Waals surface area contributed by atoms with Gasteiger partial charge in [-0.3, -0.25) is 9.59 Å². The van der Waals surface area contributed by atoms with Crippen LogP contribution >= 0.6 is 15.9 Å². The molecule has 5 nitrogen and oxygen atoms in total. The average molecular weight is 326 g/mol. The van der Waals surface area contributed by atoms with Gasteiger partial charge in [0, 0.05) is 22.6 Å². The number of nitrogens with zero attached hydrogens (tertiary/aromatic N) is 1. The molecule has 2 N–H and O–H groups in total. The predicted molar refractivity (Wildman–Crippen MR) is 70.1 cm³/mol. The van der Waals surface area contributed by atoms with E-state index in [1.807, 2.05) is 0 Å². The van der Waals surface area contributed by atoms with Crippen molar-refractivity contribution in [2.75, 3.05) is 0 Å². The molecule has 1 amide bonds. The second kappa shape index (κ2) is 5.75. The fraction of sp³-hybridized carbons (Fsp3) is 0.0833. The molecular weight excluding hydrogens is 317 g/mol. The molecule has 7 heteroatoms. The Morgan fingerprint density at radius 3 is 2.84 bits per heavy atom. The second-order valence-electron chi connectivity index (χ2n) is 3.72. The Morgan fingerprint density at radius 1 is 1.37 bits per heavy atom. The maximum Gasteiger partial charge on any atom is 0.271 e.